The summed E-state index contributed by atoms with van der Waals surface area (Å²) in [6, 6.07) is 5.80. The molecule has 0 bridgehead atoms. The van der Waals surface area contributed by atoms with Crippen LogP contribution in [-0.2, 0) is 10.1 Å². The summed E-state index contributed by atoms with van der Waals surface area (Å²) in [5.74, 6) is -0.318. The molecule has 20 heavy (non-hydrogen) atoms. The average molecular weight is 308 g/mol. The topological polar surface area (TPSA) is 78.3 Å². The zero-order chi connectivity index (χ0) is 15.1. The van der Waals surface area contributed by atoms with Gasteiger partial charge in [0.2, 0.25) is 0 Å². The Balaban J connectivity index is 2.65. The van der Waals surface area contributed by atoms with E-state index < -0.39 is 21.2 Å². The monoisotopic (exact) mass is 308 g/mol. The van der Waals surface area contributed by atoms with E-state index in [0.717, 1.165) is 6.92 Å². The highest BCUT2D eigenvalue weighted by molar-refractivity contribution is 7.87. The molecule has 2 rings (SSSR count). The first-order valence-corrected chi connectivity index (χ1v) is 6.54. The number of hydrogen-bond acceptors (Lipinski definition) is 5. The Hall–Kier alpha value is -2.10. The normalized spacial score (nSPS) is 12.6. The van der Waals surface area contributed by atoms with Crippen molar-refractivity contribution in [3.63, 3.8) is 0 Å². The van der Waals surface area contributed by atoms with Crippen LogP contribution in [0.15, 0.2) is 29.1 Å². The van der Waals surface area contributed by atoms with Crippen LogP contribution in [0.4, 0.5) is 13.2 Å². The van der Waals surface area contributed by atoms with Gasteiger partial charge in [-0.2, -0.15) is 21.6 Å². The highest BCUT2D eigenvalue weighted by atomic mass is 32.2. The molecule has 0 saturated carbocycles. The van der Waals surface area contributed by atoms with Gasteiger partial charge in [0.05, 0.1) is 10.9 Å². The van der Waals surface area contributed by atoms with E-state index in [1.54, 1.807) is 6.07 Å². The van der Waals surface area contributed by atoms with Crippen LogP contribution in [0.3, 0.4) is 0 Å². The van der Waals surface area contributed by atoms with Crippen molar-refractivity contribution in [3.8, 4) is 0 Å². The van der Waals surface area contributed by atoms with Crippen molar-refractivity contribution in [1.82, 2.24) is 9.71 Å². The lowest BCUT2D eigenvalue weighted by atomic mass is 10.2. The molecule has 0 N–H and O–H groups in total. The van der Waals surface area contributed by atoms with E-state index in [1.807, 2.05) is 0 Å². The number of fused-ring (bicyclic) bond motifs is 1. The van der Waals surface area contributed by atoms with Crippen molar-refractivity contribution in [2.24, 2.45) is 0 Å². The summed E-state index contributed by atoms with van der Waals surface area (Å²) in [5, 5.41) is -0.0597. The maximum Gasteiger partial charge on any atom is 0.536 e. The van der Waals surface area contributed by atoms with Crippen LogP contribution in [-0.4, -0.2) is 23.6 Å². The second kappa shape index (κ2) is 4.47. The molecular formula is C10H7F3N2O4S. The average Bonchev–Trinajstić information content (AvgIpc) is 2.33. The lowest BCUT2D eigenvalue weighted by molar-refractivity contribution is -0.0551. The Kier molecular flexibility index (Phi) is 3.20. The van der Waals surface area contributed by atoms with E-state index in [1.165, 1.54) is 18.2 Å². The molecule has 0 saturated heterocycles. The third-order valence-corrected chi connectivity index (χ3v) is 3.26. The van der Waals surface area contributed by atoms with Crippen LogP contribution < -0.4 is 9.84 Å². The van der Waals surface area contributed by atoms with Gasteiger partial charge in [-0.3, -0.25) is 9.08 Å². The van der Waals surface area contributed by atoms with E-state index in [0.29, 0.717) is 0 Å². The number of alkyl halides is 3. The number of halogens is 3. The number of hydrogen-bond donors (Lipinski definition) is 0. The van der Waals surface area contributed by atoms with Gasteiger partial charge in [0, 0.05) is 0 Å². The van der Waals surface area contributed by atoms with Gasteiger partial charge in [-0.15, -0.1) is 4.73 Å². The summed E-state index contributed by atoms with van der Waals surface area (Å²) in [6.45, 7) is 1.15. The van der Waals surface area contributed by atoms with Crippen LogP contribution >= 0.6 is 0 Å². The summed E-state index contributed by atoms with van der Waals surface area (Å²) in [4.78, 5) is 15.7. The fraction of sp³-hybridized carbons (Fsp3) is 0.200. The second-order valence-corrected chi connectivity index (χ2v) is 5.27. The maximum absolute atomic E-state index is 12.2. The van der Waals surface area contributed by atoms with E-state index in [-0.39, 0.29) is 21.5 Å². The van der Waals surface area contributed by atoms with Crippen molar-refractivity contribution in [3.05, 3.63) is 40.4 Å². The molecule has 0 aliphatic heterocycles. The summed E-state index contributed by atoms with van der Waals surface area (Å²) >= 11 is 0. The molecule has 1 aromatic carbocycles. The van der Waals surface area contributed by atoms with Crippen LogP contribution in [0.2, 0.25) is 0 Å². The van der Waals surface area contributed by atoms with Crippen LogP contribution in [0.25, 0.3) is 10.9 Å². The highest BCUT2D eigenvalue weighted by Crippen LogP contribution is 2.22. The van der Waals surface area contributed by atoms with E-state index in [9.17, 15) is 26.4 Å². The van der Waals surface area contributed by atoms with E-state index in [2.05, 4.69) is 9.27 Å². The van der Waals surface area contributed by atoms with Crippen molar-refractivity contribution in [2.45, 2.75) is 12.4 Å². The van der Waals surface area contributed by atoms with Gasteiger partial charge in [0.1, 0.15) is 5.82 Å². The minimum atomic E-state index is -5.94. The second-order valence-electron chi connectivity index (χ2n) is 3.75. The Labute approximate surface area is 110 Å². The van der Waals surface area contributed by atoms with Crippen LogP contribution in [0.5, 0.6) is 0 Å². The molecule has 0 radical (unpaired) electrons. The number of nitrogens with zero attached hydrogens (tertiary/aromatic N) is 2. The number of aromatic nitrogens is 2. The number of benzene rings is 1. The molecule has 1 heterocycles. The van der Waals surface area contributed by atoms with Gasteiger partial charge >= 0.3 is 15.6 Å². The molecule has 0 spiro atoms. The molecule has 2 aromatic rings. The number of rotatable bonds is 2. The summed E-state index contributed by atoms with van der Waals surface area (Å²) in [6.07, 6.45) is 0. The standard InChI is InChI=1S/C10H7F3N2O4S/c1-6-14-8-5-3-2-4-7(8)9(16)15(6)19-20(17,18)10(11,12)13/h2-5H,1H3. The Morgan fingerprint density at radius 3 is 2.45 bits per heavy atom. The molecule has 0 aliphatic rings. The van der Waals surface area contributed by atoms with E-state index in [4.69, 9.17) is 0 Å². The molecule has 0 fully saturated rings. The fourth-order valence-electron chi connectivity index (χ4n) is 1.46. The number of aryl methyl sites for hydroxylation is 1. The van der Waals surface area contributed by atoms with Crippen molar-refractivity contribution in [1.29, 1.82) is 0 Å². The fourth-order valence-corrected chi connectivity index (χ4v) is 1.91. The first-order chi connectivity index (χ1) is 9.13. The summed E-state index contributed by atoms with van der Waals surface area (Å²) in [5.41, 5.74) is -6.45. The molecule has 1 aromatic heterocycles. The minimum Gasteiger partial charge on any atom is -0.276 e. The summed E-state index contributed by atoms with van der Waals surface area (Å²) < 4.78 is 62.4. The zero-order valence-electron chi connectivity index (χ0n) is 9.88. The zero-order valence-corrected chi connectivity index (χ0v) is 10.7. The third-order valence-electron chi connectivity index (χ3n) is 2.35. The van der Waals surface area contributed by atoms with Crippen molar-refractivity contribution < 1.29 is 25.9 Å². The molecule has 0 aliphatic carbocycles. The molecule has 108 valence electrons. The van der Waals surface area contributed by atoms with Gasteiger partial charge in [-0.05, 0) is 19.1 Å². The van der Waals surface area contributed by atoms with Crippen molar-refractivity contribution in [2.75, 3.05) is 0 Å². The van der Waals surface area contributed by atoms with Crippen LogP contribution in [0.1, 0.15) is 5.82 Å². The molecular weight excluding hydrogens is 301 g/mol. The quantitative estimate of drug-likeness (QED) is 0.773. The van der Waals surface area contributed by atoms with Gasteiger partial charge < -0.3 is 0 Å². The predicted molar refractivity (Wildman–Crippen MR) is 62.3 cm³/mol. The largest absolute Gasteiger partial charge is 0.536 e. The molecule has 0 unspecified atom stereocenters. The number of para-hydroxylation sites is 1. The first-order valence-electron chi connectivity index (χ1n) is 5.13. The maximum atomic E-state index is 12.2. The lowest BCUT2D eigenvalue weighted by Crippen LogP contribution is -2.39. The minimum absolute atomic E-state index is 0.00512. The summed E-state index contributed by atoms with van der Waals surface area (Å²) in [7, 11) is -5.94. The highest BCUT2D eigenvalue weighted by Gasteiger charge is 2.49. The van der Waals surface area contributed by atoms with Gasteiger partial charge in [-0.1, -0.05) is 12.1 Å². The Bertz CT molecular complexity index is 826. The van der Waals surface area contributed by atoms with Gasteiger partial charge in [0.15, 0.2) is 0 Å². The lowest BCUT2D eigenvalue weighted by Gasteiger charge is -2.12. The van der Waals surface area contributed by atoms with Crippen LogP contribution in [0, 0.1) is 6.92 Å². The Morgan fingerprint density at radius 2 is 1.85 bits per heavy atom. The third kappa shape index (κ3) is 2.33. The molecule has 0 amide bonds. The van der Waals surface area contributed by atoms with Gasteiger partial charge in [0.25, 0.3) is 5.56 Å². The van der Waals surface area contributed by atoms with Crippen molar-refractivity contribution >= 4 is 21.0 Å². The Morgan fingerprint density at radius 1 is 1.25 bits per heavy atom. The smallest absolute Gasteiger partial charge is 0.276 e. The van der Waals surface area contributed by atoms with E-state index >= 15 is 0 Å². The molecule has 10 heteroatoms. The van der Waals surface area contributed by atoms with Gasteiger partial charge in [-0.25, -0.2) is 4.98 Å². The molecule has 0 atom stereocenters. The predicted octanol–water partition coefficient (Wildman–Crippen LogP) is 0.983. The molecule has 6 nitrogen and oxygen atoms in total. The SMILES string of the molecule is Cc1nc2ccccc2c(=O)n1OS(=O)(=O)C(F)(F)F. The first kappa shape index (κ1) is 14.3.